The van der Waals surface area contributed by atoms with Crippen molar-refractivity contribution in [3.05, 3.63) is 35.4 Å². The van der Waals surface area contributed by atoms with Crippen LogP contribution in [0.25, 0.3) is 0 Å². The van der Waals surface area contributed by atoms with Crippen molar-refractivity contribution < 1.29 is 4.79 Å². The van der Waals surface area contributed by atoms with Gasteiger partial charge in [-0.15, -0.1) is 0 Å². The average Bonchev–Trinajstić information content (AvgIpc) is 2.39. The average molecular weight is 246 g/mol. The number of nitrogens with one attached hydrogen (secondary N) is 2. The summed E-state index contributed by atoms with van der Waals surface area (Å²) in [4.78, 5) is 11.0. The lowest BCUT2D eigenvalue weighted by Crippen LogP contribution is -2.26. The number of amides is 1. The highest BCUT2D eigenvalue weighted by Gasteiger charge is 2.15. The standard InChI is InChI=1S/C15H22N2O/c1-11(17-12(2)18)13-3-5-14(6-4-13)15-7-9-16-10-8-15/h3-6,11,15-16H,7-10H2,1-2H3,(H,17,18). The van der Waals surface area contributed by atoms with Crippen molar-refractivity contribution in [2.45, 2.75) is 38.6 Å². The van der Waals surface area contributed by atoms with Crippen molar-refractivity contribution >= 4 is 5.91 Å². The second kappa shape index (κ2) is 6.01. The molecule has 0 radical (unpaired) electrons. The molecule has 1 unspecified atom stereocenters. The lowest BCUT2D eigenvalue weighted by molar-refractivity contribution is -0.119. The van der Waals surface area contributed by atoms with Gasteiger partial charge in [-0.05, 0) is 49.9 Å². The molecule has 1 heterocycles. The zero-order valence-electron chi connectivity index (χ0n) is 11.2. The maximum atomic E-state index is 11.0. The minimum atomic E-state index is 0.0185. The summed E-state index contributed by atoms with van der Waals surface area (Å²) in [7, 11) is 0. The van der Waals surface area contributed by atoms with Gasteiger partial charge in [0.2, 0.25) is 5.91 Å². The number of hydrogen-bond acceptors (Lipinski definition) is 2. The van der Waals surface area contributed by atoms with Crippen LogP contribution in [-0.2, 0) is 4.79 Å². The second-order valence-corrected chi connectivity index (χ2v) is 5.11. The molecule has 1 aliphatic rings. The monoisotopic (exact) mass is 246 g/mol. The van der Waals surface area contributed by atoms with E-state index in [1.165, 1.54) is 24.0 Å². The minimum Gasteiger partial charge on any atom is -0.350 e. The molecule has 1 fully saturated rings. The SMILES string of the molecule is CC(=O)NC(C)c1ccc(C2CCNCC2)cc1. The number of rotatable bonds is 3. The van der Waals surface area contributed by atoms with Gasteiger partial charge in [0.25, 0.3) is 0 Å². The summed E-state index contributed by atoms with van der Waals surface area (Å²) in [5.74, 6) is 0.710. The van der Waals surface area contributed by atoms with E-state index in [0.29, 0.717) is 5.92 Å². The maximum Gasteiger partial charge on any atom is 0.217 e. The maximum absolute atomic E-state index is 11.0. The number of benzene rings is 1. The number of piperidine rings is 1. The van der Waals surface area contributed by atoms with Crippen LogP contribution < -0.4 is 10.6 Å². The highest BCUT2D eigenvalue weighted by Crippen LogP contribution is 2.26. The quantitative estimate of drug-likeness (QED) is 0.859. The Bertz CT molecular complexity index is 393. The zero-order valence-corrected chi connectivity index (χ0v) is 11.2. The van der Waals surface area contributed by atoms with Crippen LogP contribution >= 0.6 is 0 Å². The number of hydrogen-bond donors (Lipinski definition) is 2. The molecule has 2 rings (SSSR count). The zero-order chi connectivity index (χ0) is 13.0. The first-order chi connectivity index (χ1) is 8.66. The van der Waals surface area contributed by atoms with E-state index in [9.17, 15) is 4.79 Å². The predicted molar refractivity (Wildman–Crippen MR) is 73.5 cm³/mol. The summed E-state index contributed by atoms with van der Waals surface area (Å²) in [6.45, 7) is 5.81. The van der Waals surface area contributed by atoms with Gasteiger partial charge in [-0.2, -0.15) is 0 Å². The summed E-state index contributed by atoms with van der Waals surface area (Å²) in [6.07, 6.45) is 2.45. The fraction of sp³-hybridized carbons (Fsp3) is 0.533. The molecule has 98 valence electrons. The van der Waals surface area contributed by atoms with Crippen molar-refractivity contribution in [3.63, 3.8) is 0 Å². The normalized spacial score (nSPS) is 18.3. The van der Waals surface area contributed by atoms with Crippen molar-refractivity contribution in [1.82, 2.24) is 10.6 Å². The Hall–Kier alpha value is -1.35. The summed E-state index contributed by atoms with van der Waals surface area (Å²) in [5.41, 5.74) is 2.60. The van der Waals surface area contributed by atoms with E-state index in [-0.39, 0.29) is 11.9 Å². The predicted octanol–water partition coefficient (Wildman–Crippen LogP) is 2.35. The van der Waals surface area contributed by atoms with E-state index in [1.807, 2.05) is 6.92 Å². The lowest BCUT2D eigenvalue weighted by Gasteiger charge is -2.23. The van der Waals surface area contributed by atoms with Gasteiger partial charge in [0.1, 0.15) is 0 Å². The molecule has 3 heteroatoms. The Labute approximate surface area is 109 Å². The van der Waals surface area contributed by atoms with Gasteiger partial charge in [-0.1, -0.05) is 24.3 Å². The van der Waals surface area contributed by atoms with E-state index < -0.39 is 0 Å². The summed E-state index contributed by atoms with van der Waals surface area (Å²) >= 11 is 0. The summed E-state index contributed by atoms with van der Waals surface area (Å²) in [6, 6.07) is 8.79. The molecule has 0 saturated carbocycles. The van der Waals surface area contributed by atoms with Crippen LogP contribution in [0.4, 0.5) is 0 Å². The number of carbonyl (C=O) groups is 1. The van der Waals surface area contributed by atoms with Crippen LogP contribution in [0.5, 0.6) is 0 Å². The molecule has 3 nitrogen and oxygen atoms in total. The van der Waals surface area contributed by atoms with Gasteiger partial charge < -0.3 is 10.6 Å². The molecule has 2 N–H and O–H groups in total. The van der Waals surface area contributed by atoms with E-state index in [4.69, 9.17) is 0 Å². The van der Waals surface area contributed by atoms with Crippen molar-refractivity contribution in [3.8, 4) is 0 Å². The van der Waals surface area contributed by atoms with E-state index >= 15 is 0 Å². The van der Waals surface area contributed by atoms with Crippen LogP contribution in [0.3, 0.4) is 0 Å². The molecule has 1 saturated heterocycles. The van der Waals surface area contributed by atoms with E-state index in [2.05, 4.69) is 34.9 Å². The molecule has 1 aromatic rings. The molecule has 0 spiro atoms. The Morgan fingerprint density at radius 2 is 1.89 bits per heavy atom. The third-order valence-corrected chi connectivity index (χ3v) is 3.67. The number of carbonyl (C=O) groups excluding carboxylic acids is 1. The van der Waals surface area contributed by atoms with Gasteiger partial charge in [-0.25, -0.2) is 0 Å². The molecular formula is C15H22N2O. The van der Waals surface area contributed by atoms with E-state index in [0.717, 1.165) is 13.1 Å². The molecule has 0 aliphatic carbocycles. The Morgan fingerprint density at radius 3 is 2.44 bits per heavy atom. The molecule has 1 atom stereocenters. The molecule has 1 aromatic carbocycles. The minimum absolute atomic E-state index is 0.0185. The Morgan fingerprint density at radius 1 is 1.28 bits per heavy atom. The summed E-state index contributed by atoms with van der Waals surface area (Å²) in [5, 5.41) is 6.30. The van der Waals surface area contributed by atoms with Gasteiger partial charge in [0, 0.05) is 6.92 Å². The summed E-state index contributed by atoms with van der Waals surface area (Å²) < 4.78 is 0. The highest BCUT2D eigenvalue weighted by molar-refractivity contribution is 5.73. The first kappa shape index (κ1) is 13.1. The molecule has 0 bridgehead atoms. The molecule has 1 amide bonds. The van der Waals surface area contributed by atoms with Crippen molar-refractivity contribution in [2.75, 3.05) is 13.1 Å². The highest BCUT2D eigenvalue weighted by atomic mass is 16.1. The fourth-order valence-electron chi connectivity index (χ4n) is 2.60. The van der Waals surface area contributed by atoms with Crippen molar-refractivity contribution in [2.24, 2.45) is 0 Å². The van der Waals surface area contributed by atoms with Gasteiger partial charge in [0.15, 0.2) is 0 Å². The third kappa shape index (κ3) is 3.33. The lowest BCUT2D eigenvalue weighted by atomic mass is 9.89. The first-order valence-electron chi connectivity index (χ1n) is 6.74. The first-order valence-corrected chi connectivity index (χ1v) is 6.74. The van der Waals surface area contributed by atoms with Crippen LogP contribution in [0.1, 0.15) is 49.8 Å². The van der Waals surface area contributed by atoms with Gasteiger partial charge >= 0.3 is 0 Å². The van der Waals surface area contributed by atoms with E-state index in [1.54, 1.807) is 6.92 Å². The Balaban J connectivity index is 2.02. The van der Waals surface area contributed by atoms with Gasteiger partial charge in [0.05, 0.1) is 6.04 Å². The van der Waals surface area contributed by atoms with Crippen LogP contribution in [0.15, 0.2) is 24.3 Å². The van der Waals surface area contributed by atoms with Crippen molar-refractivity contribution in [1.29, 1.82) is 0 Å². The smallest absolute Gasteiger partial charge is 0.217 e. The van der Waals surface area contributed by atoms with Crippen LogP contribution in [0, 0.1) is 0 Å². The Kier molecular flexibility index (Phi) is 4.37. The molecular weight excluding hydrogens is 224 g/mol. The second-order valence-electron chi connectivity index (χ2n) is 5.11. The molecule has 18 heavy (non-hydrogen) atoms. The third-order valence-electron chi connectivity index (χ3n) is 3.67. The van der Waals surface area contributed by atoms with Crippen LogP contribution in [-0.4, -0.2) is 19.0 Å². The fourth-order valence-corrected chi connectivity index (χ4v) is 2.60. The molecule has 0 aromatic heterocycles. The molecule has 1 aliphatic heterocycles. The topological polar surface area (TPSA) is 41.1 Å². The van der Waals surface area contributed by atoms with Crippen LogP contribution in [0.2, 0.25) is 0 Å². The van der Waals surface area contributed by atoms with Gasteiger partial charge in [-0.3, -0.25) is 4.79 Å². The largest absolute Gasteiger partial charge is 0.350 e.